The first kappa shape index (κ1) is 15.3. The number of likely N-dealkylation sites (N-methyl/N-ethyl adjacent to an activating group) is 1. The number of carbonyl (C=O) groups is 1. The van der Waals surface area contributed by atoms with Gasteiger partial charge in [-0.15, -0.1) is 0 Å². The van der Waals surface area contributed by atoms with Crippen molar-refractivity contribution >= 4 is 5.91 Å². The van der Waals surface area contributed by atoms with Gasteiger partial charge in [-0.2, -0.15) is 0 Å². The summed E-state index contributed by atoms with van der Waals surface area (Å²) in [6.45, 7) is 6.22. The summed E-state index contributed by atoms with van der Waals surface area (Å²) in [5, 5.41) is 0. The summed E-state index contributed by atoms with van der Waals surface area (Å²) in [4.78, 5) is 19.2. The van der Waals surface area contributed by atoms with Crippen molar-refractivity contribution in [1.82, 2.24) is 14.7 Å². The molecule has 5 nitrogen and oxygen atoms in total. The second-order valence-electron chi connectivity index (χ2n) is 7.08. The van der Waals surface area contributed by atoms with Crippen molar-refractivity contribution in [3.63, 3.8) is 0 Å². The third-order valence-electron chi connectivity index (χ3n) is 5.19. The fraction of sp³-hybridized carbons (Fsp3) is 0.938. The van der Waals surface area contributed by atoms with E-state index in [1.165, 1.54) is 6.42 Å². The average Bonchev–Trinajstić information content (AvgIpc) is 3.12. The van der Waals surface area contributed by atoms with E-state index < -0.39 is 0 Å². The van der Waals surface area contributed by atoms with Gasteiger partial charge in [0.15, 0.2) is 0 Å². The second kappa shape index (κ2) is 6.63. The van der Waals surface area contributed by atoms with Crippen LogP contribution in [-0.4, -0.2) is 86.2 Å². The maximum atomic E-state index is 12.5. The zero-order chi connectivity index (χ0) is 14.8. The molecular weight excluding hydrogens is 266 g/mol. The van der Waals surface area contributed by atoms with Gasteiger partial charge in [0.1, 0.15) is 6.10 Å². The molecule has 0 aromatic heterocycles. The van der Waals surface area contributed by atoms with Gasteiger partial charge in [-0.25, -0.2) is 0 Å². The third kappa shape index (κ3) is 3.58. The second-order valence-corrected chi connectivity index (χ2v) is 7.08. The average molecular weight is 295 g/mol. The number of hydrogen-bond acceptors (Lipinski definition) is 4. The van der Waals surface area contributed by atoms with Crippen molar-refractivity contribution in [3.8, 4) is 0 Å². The van der Waals surface area contributed by atoms with Crippen LogP contribution in [0.15, 0.2) is 0 Å². The van der Waals surface area contributed by atoms with E-state index in [-0.39, 0.29) is 18.1 Å². The van der Waals surface area contributed by atoms with Crippen LogP contribution in [0.2, 0.25) is 0 Å². The van der Waals surface area contributed by atoms with Gasteiger partial charge in [0.05, 0.1) is 6.10 Å². The predicted molar refractivity (Wildman–Crippen MR) is 82.2 cm³/mol. The van der Waals surface area contributed by atoms with Gasteiger partial charge in [-0.05, 0) is 52.2 Å². The first-order chi connectivity index (χ1) is 10.1. The fourth-order valence-electron chi connectivity index (χ4n) is 3.84. The standard InChI is InChI=1S/C16H29N3O2/c1-17(2)9-10-18-8-5-13-11-14(21-15(13)12-18)16(20)19-6-3-4-7-19/h13-15H,3-12H2,1-2H3/t13-,14-,15+/m1/s1. The number of hydrogen-bond donors (Lipinski definition) is 0. The summed E-state index contributed by atoms with van der Waals surface area (Å²) in [5.41, 5.74) is 0. The molecule has 3 fully saturated rings. The quantitative estimate of drug-likeness (QED) is 0.763. The lowest BCUT2D eigenvalue weighted by Crippen LogP contribution is -2.44. The predicted octanol–water partition coefficient (Wildman–Crippen LogP) is 0.650. The number of likely N-dealkylation sites (tertiary alicyclic amines) is 2. The SMILES string of the molecule is CN(C)CCN1CC[C@@H]2C[C@H](C(=O)N3CCCC3)O[C@H]2C1. The first-order valence-electron chi connectivity index (χ1n) is 8.45. The summed E-state index contributed by atoms with van der Waals surface area (Å²) in [6, 6.07) is 0. The van der Waals surface area contributed by atoms with Crippen LogP contribution < -0.4 is 0 Å². The number of ether oxygens (including phenoxy) is 1. The smallest absolute Gasteiger partial charge is 0.251 e. The molecule has 0 saturated carbocycles. The molecule has 21 heavy (non-hydrogen) atoms. The van der Waals surface area contributed by atoms with Crippen molar-refractivity contribution in [2.45, 2.75) is 37.9 Å². The van der Waals surface area contributed by atoms with Gasteiger partial charge in [-0.1, -0.05) is 0 Å². The van der Waals surface area contributed by atoms with Gasteiger partial charge >= 0.3 is 0 Å². The molecule has 3 rings (SSSR count). The molecule has 0 spiro atoms. The molecule has 3 aliphatic heterocycles. The molecule has 1 amide bonds. The molecule has 3 saturated heterocycles. The Morgan fingerprint density at radius 3 is 2.71 bits per heavy atom. The monoisotopic (exact) mass is 295 g/mol. The lowest BCUT2D eigenvalue weighted by molar-refractivity contribution is -0.142. The highest BCUT2D eigenvalue weighted by Crippen LogP contribution is 2.34. The fourth-order valence-corrected chi connectivity index (χ4v) is 3.84. The first-order valence-corrected chi connectivity index (χ1v) is 8.45. The highest BCUT2D eigenvalue weighted by atomic mass is 16.5. The van der Waals surface area contributed by atoms with Crippen molar-refractivity contribution in [2.24, 2.45) is 5.92 Å². The number of nitrogens with zero attached hydrogens (tertiary/aromatic N) is 3. The van der Waals surface area contributed by atoms with Gasteiger partial charge in [0.25, 0.3) is 5.91 Å². The number of rotatable bonds is 4. The highest BCUT2D eigenvalue weighted by molar-refractivity contribution is 5.81. The van der Waals surface area contributed by atoms with Gasteiger partial charge in [-0.3, -0.25) is 9.69 Å². The van der Waals surface area contributed by atoms with E-state index in [2.05, 4.69) is 23.9 Å². The molecule has 0 aromatic rings. The zero-order valence-corrected chi connectivity index (χ0v) is 13.5. The van der Waals surface area contributed by atoms with Crippen LogP contribution in [0.4, 0.5) is 0 Å². The van der Waals surface area contributed by atoms with Crippen LogP contribution in [-0.2, 0) is 9.53 Å². The van der Waals surface area contributed by atoms with E-state index in [1.807, 2.05) is 4.90 Å². The minimum atomic E-state index is -0.160. The van der Waals surface area contributed by atoms with Crippen molar-refractivity contribution in [3.05, 3.63) is 0 Å². The molecule has 3 aliphatic rings. The van der Waals surface area contributed by atoms with E-state index >= 15 is 0 Å². The third-order valence-corrected chi connectivity index (χ3v) is 5.19. The Bertz CT molecular complexity index is 369. The zero-order valence-electron chi connectivity index (χ0n) is 13.5. The topological polar surface area (TPSA) is 36.0 Å². The molecule has 0 N–H and O–H groups in total. The molecule has 0 unspecified atom stereocenters. The molecule has 3 atom stereocenters. The van der Waals surface area contributed by atoms with Gasteiger partial charge in [0.2, 0.25) is 0 Å². The molecule has 0 radical (unpaired) electrons. The Kier molecular flexibility index (Phi) is 4.82. The van der Waals surface area contributed by atoms with E-state index in [0.717, 1.165) is 58.5 Å². The lowest BCUT2D eigenvalue weighted by atomic mass is 9.91. The summed E-state index contributed by atoms with van der Waals surface area (Å²) in [6.07, 6.45) is 4.56. The number of amides is 1. The van der Waals surface area contributed by atoms with Crippen molar-refractivity contribution in [2.75, 3.05) is 53.4 Å². The Hall–Kier alpha value is -0.650. The van der Waals surface area contributed by atoms with Gasteiger partial charge < -0.3 is 14.5 Å². The molecule has 0 aliphatic carbocycles. The summed E-state index contributed by atoms with van der Waals surface area (Å²) in [5.74, 6) is 0.846. The van der Waals surface area contributed by atoms with E-state index in [0.29, 0.717) is 5.92 Å². The largest absolute Gasteiger partial charge is 0.364 e. The summed E-state index contributed by atoms with van der Waals surface area (Å²) >= 11 is 0. The number of carbonyl (C=O) groups excluding carboxylic acids is 1. The van der Waals surface area contributed by atoms with Crippen LogP contribution in [0, 0.1) is 5.92 Å². The maximum absolute atomic E-state index is 12.5. The van der Waals surface area contributed by atoms with Crippen LogP contribution in [0.5, 0.6) is 0 Å². The molecule has 5 heteroatoms. The van der Waals surface area contributed by atoms with E-state index in [9.17, 15) is 4.79 Å². The van der Waals surface area contributed by atoms with Gasteiger partial charge in [0, 0.05) is 32.7 Å². The Labute approximate surface area is 128 Å². The Morgan fingerprint density at radius 2 is 2.00 bits per heavy atom. The number of fused-ring (bicyclic) bond motifs is 1. The van der Waals surface area contributed by atoms with E-state index in [1.54, 1.807) is 0 Å². The van der Waals surface area contributed by atoms with Crippen molar-refractivity contribution < 1.29 is 9.53 Å². The highest BCUT2D eigenvalue weighted by Gasteiger charge is 2.43. The summed E-state index contributed by atoms with van der Waals surface area (Å²) in [7, 11) is 4.23. The maximum Gasteiger partial charge on any atom is 0.251 e. The Balaban J connectivity index is 1.50. The molecule has 3 heterocycles. The van der Waals surface area contributed by atoms with Crippen LogP contribution in [0.3, 0.4) is 0 Å². The normalized spacial score (nSPS) is 33.7. The number of piperidine rings is 1. The molecular formula is C16H29N3O2. The van der Waals surface area contributed by atoms with Crippen LogP contribution in [0.25, 0.3) is 0 Å². The van der Waals surface area contributed by atoms with Crippen molar-refractivity contribution in [1.29, 1.82) is 0 Å². The minimum absolute atomic E-state index is 0.160. The summed E-state index contributed by atoms with van der Waals surface area (Å²) < 4.78 is 6.13. The lowest BCUT2D eigenvalue weighted by Gasteiger charge is -2.34. The van der Waals surface area contributed by atoms with E-state index in [4.69, 9.17) is 4.74 Å². The Morgan fingerprint density at radius 1 is 1.24 bits per heavy atom. The molecule has 120 valence electrons. The molecule has 0 bridgehead atoms. The van der Waals surface area contributed by atoms with Crippen LogP contribution >= 0.6 is 0 Å². The molecule has 0 aromatic carbocycles. The van der Waals surface area contributed by atoms with Crippen LogP contribution in [0.1, 0.15) is 25.7 Å². The minimum Gasteiger partial charge on any atom is -0.364 e.